The van der Waals surface area contributed by atoms with Gasteiger partial charge in [0.25, 0.3) is 0 Å². The summed E-state index contributed by atoms with van der Waals surface area (Å²) < 4.78 is 2.07. The number of nitrogens with zero attached hydrogens (tertiary/aromatic N) is 3. The molecule has 0 saturated heterocycles. The van der Waals surface area contributed by atoms with E-state index in [-0.39, 0.29) is 0 Å². The molecule has 1 aromatic rings. The number of nitrogens with two attached hydrogens (primary N) is 1. The van der Waals surface area contributed by atoms with Crippen LogP contribution < -0.4 is 5.73 Å². The first-order valence-corrected chi connectivity index (χ1v) is 3.47. The number of aromatic nitrogens is 3. The van der Waals surface area contributed by atoms with Crippen molar-refractivity contribution in [2.45, 2.75) is 13.0 Å². The van der Waals surface area contributed by atoms with Gasteiger partial charge in [0.05, 0.1) is 0 Å². The number of rotatable bonds is 1. The molecule has 1 aromatic heterocycles. The molecule has 4 nitrogen and oxygen atoms in total. The van der Waals surface area contributed by atoms with Gasteiger partial charge in [-0.2, -0.15) is 0 Å². The van der Waals surface area contributed by atoms with Crippen molar-refractivity contribution in [3.8, 4) is 0 Å². The van der Waals surface area contributed by atoms with E-state index in [0.717, 1.165) is 25.3 Å². The predicted molar refractivity (Wildman–Crippen MR) is 36.3 cm³/mol. The number of fused-ring (bicyclic) bond motifs is 1. The Labute approximate surface area is 59.1 Å². The third-order valence-electron chi connectivity index (χ3n) is 1.96. The Hall–Kier alpha value is -0.900. The van der Waals surface area contributed by atoms with Gasteiger partial charge in [-0.1, -0.05) is 0 Å². The molecule has 1 atom stereocenters. The zero-order valence-corrected chi connectivity index (χ0v) is 5.70. The van der Waals surface area contributed by atoms with Crippen LogP contribution in [0.5, 0.6) is 0 Å². The molecule has 0 amide bonds. The standard InChI is InChI=1S/C6H10N4/c7-2-5-1-6-9-8-4-10(6)3-5/h4-5H,1-3,7H2. The zero-order chi connectivity index (χ0) is 6.97. The van der Waals surface area contributed by atoms with E-state index in [2.05, 4.69) is 14.8 Å². The molecule has 0 bridgehead atoms. The van der Waals surface area contributed by atoms with E-state index in [0.29, 0.717) is 5.92 Å². The molecule has 2 rings (SSSR count). The van der Waals surface area contributed by atoms with Crippen molar-refractivity contribution in [2.75, 3.05) is 6.54 Å². The lowest BCUT2D eigenvalue weighted by Crippen LogP contribution is -2.15. The summed E-state index contributed by atoms with van der Waals surface area (Å²) in [5, 5.41) is 7.74. The van der Waals surface area contributed by atoms with E-state index < -0.39 is 0 Å². The zero-order valence-electron chi connectivity index (χ0n) is 5.70. The predicted octanol–water partition coefficient (Wildman–Crippen LogP) is -0.591. The monoisotopic (exact) mass is 138 g/mol. The highest BCUT2D eigenvalue weighted by Gasteiger charge is 2.20. The van der Waals surface area contributed by atoms with Crippen LogP contribution in [0, 0.1) is 5.92 Å². The Kier molecular flexibility index (Phi) is 1.20. The SMILES string of the molecule is NCC1Cc2nncn2C1. The highest BCUT2D eigenvalue weighted by atomic mass is 15.3. The Bertz CT molecular complexity index is 209. The summed E-state index contributed by atoms with van der Waals surface area (Å²) in [4.78, 5) is 0. The fourth-order valence-corrected chi connectivity index (χ4v) is 1.35. The van der Waals surface area contributed by atoms with Crippen LogP contribution in [0.15, 0.2) is 6.33 Å². The summed E-state index contributed by atoms with van der Waals surface area (Å²) >= 11 is 0. The Morgan fingerprint density at radius 1 is 1.80 bits per heavy atom. The van der Waals surface area contributed by atoms with Gasteiger partial charge in [0.2, 0.25) is 0 Å². The maximum Gasteiger partial charge on any atom is 0.133 e. The fraction of sp³-hybridized carbons (Fsp3) is 0.667. The molecule has 10 heavy (non-hydrogen) atoms. The van der Waals surface area contributed by atoms with Crippen LogP contribution in [-0.4, -0.2) is 21.3 Å². The van der Waals surface area contributed by atoms with Crippen molar-refractivity contribution in [3.05, 3.63) is 12.2 Å². The lowest BCUT2D eigenvalue weighted by Gasteiger charge is -2.01. The summed E-state index contributed by atoms with van der Waals surface area (Å²) in [7, 11) is 0. The minimum absolute atomic E-state index is 0.588. The van der Waals surface area contributed by atoms with Gasteiger partial charge in [-0.05, 0) is 12.5 Å². The van der Waals surface area contributed by atoms with Crippen molar-refractivity contribution in [1.29, 1.82) is 0 Å². The van der Waals surface area contributed by atoms with Crippen molar-refractivity contribution >= 4 is 0 Å². The number of hydrogen-bond donors (Lipinski definition) is 1. The van der Waals surface area contributed by atoms with Gasteiger partial charge < -0.3 is 10.3 Å². The largest absolute Gasteiger partial charge is 0.330 e. The first-order valence-electron chi connectivity index (χ1n) is 3.47. The molecule has 0 radical (unpaired) electrons. The van der Waals surface area contributed by atoms with Crippen LogP contribution in [0.1, 0.15) is 5.82 Å². The molecular formula is C6H10N4. The van der Waals surface area contributed by atoms with Crippen LogP contribution in [0.2, 0.25) is 0 Å². The molecule has 0 aliphatic carbocycles. The maximum atomic E-state index is 5.51. The van der Waals surface area contributed by atoms with Crippen LogP contribution >= 0.6 is 0 Å². The van der Waals surface area contributed by atoms with Crippen LogP contribution in [0.25, 0.3) is 0 Å². The molecule has 0 fully saturated rings. The third kappa shape index (κ3) is 0.724. The molecule has 4 heteroatoms. The van der Waals surface area contributed by atoms with Crippen LogP contribution in [-0.2, 0) is 13.0 Å². The Balaban J connectivity index is 2.21. The topological polar surface area (TPSA) is 56.7 Å². The normalized spacial score (nSPS) is 23.1. The van der Waals surface area contributed by atoms with E-state index >= 15 is 0 Å². The van der Waals surface area contributed by atoms with E-state index in [4.69, 9.17) is 5.73 Å². The summed E-state index contributed by atoms with van der Waals surface area (Å²) in [5.74, 6) is 1.67. The second-order valence-corrected chi connectivity index (χ2v) is 2.71. The summed E-state index contributed by atoms with van der Waals surface area (Å²) in [6, 6.07) is 0. The molecule has 54 valence electrons. The smallest absolute Gasteiger partial charge is 0.133 e. The highest BCUT2D eigenvalue weighted by molar-refractivity contribution is 4.95. The molecule has 2 heterocycles. The van der Waals surface area contributed by atoms with Gasteiger partial charge in [0.15, 0.2) is 0 Å². The van der Waals surface area contributed by atoms with E-state index in [1.807, 2.05) is 0 Å². The maximum absolute atomic E-state index is 5.51. The summed E-state index contributed by atoms with van der Waals surface area (Å²) in [6.45, 7) is 1.75. The molecule has 1 aliphatic rings. The van der Waals surface area contributed by atoms with Crippen molar-refractivity contribution in [2.24, 2.45) is 11.7 Å². The molecule has 0 aromatic carbocycles. The Morgan fingerprint density at radius 2 is 2.70 bits per heavy atom. The summed E-state index contributed by atoms with van der Waals surface area (Å²) in [5.41, 5.74) is 5.51. The van der Waals surface area contributed by atoms with Crippen molar-refractivity contribution < 1.29 is 0 Å². The highest BCUT2D eigenvalue weighted by Crippen LogP contribution is 2.15. The minimum atomic E-state index is 0.588. The van der Waals surface area contributed by atoms with Gasteiger partial charge >= 0.3 is 0 Å². The summed E-state index contributed by atoms with van der Waals surface area (Å²) in [6.07, 6.45) is 2.77. The van der Waals surface area contributed by atoms with Gasteiger partial charge in [-0.3, -0.25) is 0 Å². The first-order chi connectivity index (χ1) is 4.90. The van der Waals surface area contributed by atoms with E-state index in [1.165, 1.54) is 0 Å². The van der Waals surface area contributed by atoms with Gasteiger partial charge in [-0.15, -0.1) is 10.2 Å². The van der Waals surface area contributed by atoms with Gasteiger partial charge in [-0.25, -0.2) is 0 Å². The first kappa shape index (κ1) is 5.85. The van der Waals surface area contributed by atoms with Crippen molar-refractivity contribution in [3.63, 3.8) is 0 Å². The third-order valence-corrected chi connectivity index (χ3v) is 1.96. The number of hydrogen-bond acceptors (Lipinski definition) is 3. The lowest BCUT2D eigenvalue weighted by molar-refractivity contribution is 0.520. The van der Waals surface area contributed by atoms with Gasteiger partial charge in [0.1, 0.15) is 12.2 Å². The quantitative estimate of drug-likeness (QED) is 0.564. The second kappa shape index (κ2) is 2.05. The molecule has 1 aliphatic heterocycles. The molecule has 0 spiro atoms. The van der Waals surface area contributed by atoms with Crippen LogP contribution in [0.4, 0.5) is 0 Å². The average Bonchev–Trinajstić information content (AvgIpc) is 2.42. The molecule has 0 saturated carbocycles. The van der Waals surface area contributed by atoms with Crippen molar-refractivity contribution in [1.82, 2.24) is 14.8 Å². The average molecular weight is 138 g/mol. The fourth-order valence-electron chi connectivity index (χ4n) is 1.35. The molecule has 2 N–H and O–H groups in total. The molecule has 1 unspecified atom stereocenters. The lowest BCUT2D eigenvalue weighted by atomic mass is 10.1. The van der Waals surface area contributed by atoms with Gasteiger partial charge in [0, 0.05) is 13.0 Å². The molecular weight excluding hydrogens is 128 g/mol. The van der Waals surface area contributed by atoms with E-state index in [9.17, 15) is 0 Å². The van der Waals surface area contributed by atoms with E-state index in [1.54, 1.807) is 6.33 Å². The Morgan fingerprint density at radius 3 is 3.40 bits per heavy atom. The van der Waals surface area contributed by atoms with Crippen LogP contribution in [0.3, 0.4) is 0 Å². The second-order valence-electron chi connectivity index (χ2n) is 2.71. The minimum Gasteiger partial charge on any atom is -0.330 e.